The van der Waals surface area contributed by atoms with E-state index < -0.39 is 209 Å². The average molecular weight is 1560 g/mol. The van der Waals surface area contributed by atoms with Gasteiger partial charge in [-0.3, -0.25) is 57.5 Å². The van der Waals surface area contributed by atoms with E-state index in [1.165, 1.54) is 76.0 Å². The summed E-state index contributed by atoms with van der Waals surface area (Å²) in [6.07, 6.45) is -6.75. The van der Waals surface area contributed by atoms with Crippen molar-refractivity contribution in [3.05, 3.63) is 12.2 Å². The molecule has 612 valence electrons. The van der Waals surface area contributed by atoms with E-state index in [0.29, 0.717) is 25.7 Å². The van der Waals surface area contributed by atoms with Gasteiger partial charge in [-0.05, 0) is 132 Å². The topological polar surface area (TPSA) is 279 Å². The Labute approximate surface area is 638 Å². The molecule has 0 aromatic carbocycles. The molecule has 3 unspecified atom stereocenters. The van der Waals surface area contributed by atoms with Crippen molar-refractivity contribution in [3.8, 4) is 0 Å². The summed E-state index contributed by atoms with van der Waals surface area (Å²) in [7, 11) is 11.0. The molecule has 3 N–H and O–H groups in total. The molecule has 0 aromatic heterocycles. The number of hydrogen-bond donors (Lipinski definition) is 3. The van der Waals surface area contributed by atoms with E-state index in [1.54, 1.807) is 39.8 Å². The molecule has 5 fully saturated rings. The average Bonchev–Trinajstić information content (AvgIpc) is 0.964. The quantitative estimate of drug-likeness (QED) is 0.0825. The van der Waals surface area contributed by atoms with Crippen LogP contribution in [0.2, 0.25) is 0 Å². The van der Waals surface area contributed by atoms with Crippen LogP contribution in [-0.4, -0.2) is 282 Å². The van der Waals surface area contributed by atoms with Crippen LogP contribution in [0.1, 0.15) is 190 Å². The highest BCUT2D eigenvalue weighted by Crippen LogP contribution is 2.50. The summed E-state index contributed by atoms with van der Waals surface area (Å²) < 4.78 is 92.0. The number of carbonyl (C=O) groups excluding carboxylic acids is 12. The van der Waals surface area contributed by atoms with E-state index in [9.17, 15) is 55.1 Å². The zero-order valence-electron chi connectivity index (χ0n) is 66.3. The molecule has 3 aliphatic heterocycles. The molecule has 108 heavy (non-hydrogen) atoms. The molecule has 2 saturated heterocycles. The number of fused-ring (bicyclic) bond motifs is 3. The molecule has 6 aliphatic rings. The van der Waals surface area contributed by atoms with Gasteiger partial charge in [-0.15, -0.1) is 11.6 Å². The van der Waals surface area contributed by atoms with Crippen LogP contribution in [0.5, 0.6) is 0 Å². The minimum atomic E-state index is -4.66. The Hall–Kier alpha value is -6.79. The maximum absolute atomic E-state index is 15.8. The summed E-state index contributed by atoms with van der Waals surface area (Å²) in [6.45, 7) is 12.7. The Balaban J connectivity index is 1.50. The summed E-state index contributed by atoms with van der Waals surface area (Å²) in [4.78, 5) is 192. The van der Waals surface area contributed by atoms with Gasteiger partial charge in [0.25, 0.3) is 0 Å². The van der Waals surface area contributed by atoms with Crippen LogP contribution in [-0.2, 0) is 62.3 Å². The van der Waals surface area contributed by atoms with Gasteiger partial charge in [0.1, 0.15) is 53.9 Å². The lowest BCUT2D eigenvalue weighted by Gasteiger charge is -2.54. The van der Waals surface area contributed by atoms with E-state index >= 15 is 28.8 Å². The lowest BCUT2D eigenvalue weighted by atomic mass is 9.58. The number of likely N-dealkylation sites (N-methyl/N-ethyl adjacent to an activating group) is 7. The Kier molecular flexibility index (Phi) is 32.1. The van der Waals surface area contributed by atoms with Crippen LogP contribution in [0.3, 0.4) is 0 Å². The maximum atomic E-state index is 15.8. The van der Waals surface area contributed by atoms with Crippen molar-refractivity contribution in [2.45, 2.75) is 268 Å². The van der Waals surface area contributed by atoms with Crippen molar-refractivity contribution in [2.24, 2.45) is 40.9 Å². The third-order valence-electron chi connectivity index (χ3n) is 23.8. The van der Waals surface area contributed by atoms with E-state index in [4.69, 9.17) is 16.3 Å². The molecule has 1 spiro atoms. The first-order valence-electron chi connectivity index (χ1n) is 38.8. The van der Waals surface area contributed by atoms with Crippen molar-refractivity contribution >= 4 is 82.5 Å². The fourth-order valence-corrected chi connectivity index (χ4v) is 17.6. The van der Waals surface area contributed by atoms with Crippen molar-refractivity contribution in [2.75, 3.05) is 89.2 Å². The van der Waals surface area contributed by atoms with E-state index in [-0.39, 0.29) is 122 Å². The minimum Gasteiger partial charge on any atom is -0.377 e. The van der Waals surface area contributed by atoms with Crippen LogP contribution in [0, 0.1) is 40.9 Å². The van der Waals surface area contributed by atoms with Gasteiger partial charge in [0, 0.05) is 87.9 Å². The Morgan fingerprint density at radius 1 is 0.648 bits per heavy atom. The van der Waals surface area contributed by atoms with Gasteiger partial charge in [-0.1, -0.05) is 86.3 Å². The van der Waals surface area contributed by atoms with Crippen molar-refractivity contribution in [3.63, 3.8) is 0 Å². The van der Waals surface area contributed by atoms with Crippen LogP contribution < -0.4 is 16.0 Å². The highest BCUT2D eigenvalue weighted by molar-refractivity contribution is 6.20. The van der Waals surface area contributed by atoms with Gasteiger partial charge in [-0.2, -0.15) is 26.3 Å². The predicted octanol–water partition coefficient (Wildman–Crippen LogP) is 7.31. The molecule has 0 radical (unpaired) electrons. The predicted molar refractivity (Wildman–Crippen MR) is 392 cm³/mol. The molecular formula is C76H121ClF6N12O13. The van der Waals surface area contributed by atoms with E-state index in [0.717, 1.165) is 24.5 Å². The molecule has 12 amide bonds. The third-order valence-corrected chi connectivity index (χ3v) is 24.3. The van der Waals surface area contributed by atoms with Gasteiger partial charge in [0.05, 0.1) is 37.5 Å². The van der Waals surface area contributed by atoms with Crippen LogP contribution in [0.15, 0.2) is 12.2 Å². The number of ether oxygens (including phenoxy) is 1. The van der Waals surface area contributed by atoms with Crippen LogP contribution >= 0.6 is 11.6 Å². The van der Waals surface area contributed by atoms with Gasteiger partial charge < -0.3 is 64.8 Å². The normalized spacial score (nSPS) is 30.9. The summed E-state index contributed by atoms with van der Waals surface area (Å²) in [5, 5.41) is 7.39. The lowest BCUT2D eigenvalue weighted by Crippen LogP contribution is -2.71. The van der Waals surface area contributed by atoms with E-state index in [1.807, 2.05) is 27.7 Å². The number of rotatable bonds is 15. The number of carbonyl (C=O) groups is 12. The van der Waals surface area contributed by atoms with E-state index in [2.05, 4.69) is 16.0 Å². The molecule has 3 aliphatic carbocycles. The highest BCUT2D eigenvalue weighted by Gasteiger charge is 2.59. The minimum absolute atomic E-state index is 0.00335. The number of hydrogen-bond acceptors (Lipinski definition) is 13. The second-order valence-corrected chi connectivity index (χ2v) is 33.0. The second-order valence-electron chi connectivity index (χ2n) is 32.4. The molecule has 0 aromatic rings. The van der Waals surface area contributed by atoms with Gasteiger partial charge in [-0.25, -0.2) is 0 Å². The molecular weight excluding hydrogens is 1440 g/mol. The summed E-state index contributed by atoms with van der Waals surface area (Å²) >= 11 is 6.28. The zero-order valence-corrected chi connectivity index (χ0v) is 67.0. The third kappa shape index (κ3) is 22.1. The summed E-state index contributed by atoms with van der Waals surface area (Å²) in [6, 6.07) is -11.1. The second kappa shape index (κ2) is 38.4. The fourth-order valence-electron chi connectivity index (χ4n) is 17.2. The molecule has 2 bridgehead atoms. The molecule has 13 atom stereocenters. The first-order valence-corrected chi connectivity index (χ1v) is 39.2. The highest BCUT2D eigenvalue weighted by atomic mass is 35.5. The number of amides is 12. The molecule has 3 saturated carbocycles. The monoisotopic (exact) mass is 1560 g/mol. The Morgan fingerprint density at radius 3 is 1.83 bits per heavy atom. The van der Waals surface area contributed by atoms with Crippen molar-refractivity contribution in [1.82, 2.24) is 60.0 Å². The zero-order chi connectivity index (χ0) is 81.0. The van der Waals surface area contributed by atoms with Crippen molar-refractivity contribution < 1.29 is 88.6 Å². The van der Waals surface area contributed by atoms with Gasteiger partial charge in [0.2, 0.25) is 70.9 Å². The number of nitrogens with one attached hydrogen (secondary N) is 3. The Morgan fingerprint density at radius 2 is 1.27 bits per heavy atom. The first-order chi connectivity index (χ1) is 50.4. The molecule has 25 nitrogen and oxygen atoms in total. The lowest BCUT2D eigenvalue weighted by molar-refractivity contribution is -0.185. The van der Waals surface area contributed by atoms with Crippen molar-refractivity contribution in [1.29, 1.82) is 0 Å². The molecule has 3 heterocycles. The number of alkyl halides is 7. The number of halogens is 7. The smallest absolute Gasteiger partial charge is 0.377 e. The first kappa shape index (κ1) is 90.1. The number of nitrogens with zero attached hydrogens (tertiary/aromatic N) is 9. The molecule has 6 rings (SSSR count). The van der Waals surface area contributed by atoms with Crippen LogP contribution in [0.25, 0.3) is 0 Å². The SMILES string of the molecule is CCC[C@H]1C(=O)N[C@@H]([C@@H](C)CC)C(=O)N(C)CC(=O)N(C)[C@H]2C/C=C\CCN(C2=O)[C@@H](CC2CCC(C(F)(F)F)CC2)C(=O)N(C)CC(=O)N[C@@H](CCC2CCC(Cl)C(C(F)(F)F)C2)C(=O)N2C[C@H](OCC)C[C@H]2C(=O)NC2(CC(C)(C)C2)C(=O)N(C)[C@@H](C(CC)CC)C(=O)N(C)[C@H](C(=O)N(C)C)CC(=O)N1C. The maximum Gasteiger partial charge on any atom is 0.393 e. The van der Waals surface area contributed by atoms with Gasteiger partial charge in [0.15, 0.2) is 0 Å². The van der Waals surface area contributed by atoms with Gasteiger partial charge >= 0.3 is 12.4 Å². The summed E-state index contributed by atoms with van der Waals surface area (Å²) in [5.74, 6) is -15.0. The fraction of sp³-hybridized carbons (Fsp3) is 0.816. The Bertz CT molecular complexity index is 3220. The summed E-state index contributed by atoms with van der Waals surface area (Å²) in [5.41, 5.74) is -2.31. The molecule has 32 heteroatoms. The largest absolute Gasteiger partial charge is 0.393 e. The van der Waals surface area contributed by atoms with Crippen LogP contribution in [0.4, 0.5) is 26.3 Å². The standard InChI is InChI=1S/C76H121ClF6N12O13/c1-17-25-54-64(99)85-62(45(6)18-2)70(105)89(12)42-61(98)91(14)55-26-23-22-24-35-94(69(55)104)58(37-47-27-31-49(32-28-47)75(78,79)80)68(103)88(11)41-59(96)84-53(34-30-46-29-33-52(77)51(36-46)76(81,82)83)66(101)95-40-50(108-21-5)38-56(95)65(100)86-74(43-73(7,8)44-74)72(107)93(16)63(48(19-3)20-4)71(106)92(15)57(67(102)87(9)10)39-60(97)90(54)13/h22-23,45-58,62-63H,17-21,24-44H2,1-16H3,(H,84,96)(H,85,99)(H,86,100)/b23-22-/t45-,46?,47?,49?,50+,51?,52?,53-,54-,55-,56-,57-,58-,62-,63-/m0/s1.